The van der Waals surface area contributed by atoms with E-state index in [9.17, 15) is 4.79 Å². The van der Waals surface area contributed by atoms with Crippen molar-refractivity contribution in [3.63, 3.8) is 0 Å². The fourth-order valence-corrected chi connectivity index (χ4v) is 2.41. The highest BCUT2D eigenvalue weighted by Gasteiger charge is 2.08. The normalized spacial score (nSPS) is 10.6. The highest BCUT2D eigenvalue weighted by Crippen LogP contribution is 2.17. The van der Waals surface area contributed by atoms with Gasteiger partial charge in [0.1, 0.15) is 11.6 Å². The van der Waals surface area contributed by atoms with Crippen molar-refractivity contribution in [3.05, 3.63) is 53.7 Å². The molecule has 1 amide bonds. The summed E-state index contributed by atoms with van der Waals surface area (Å²) in [6.45, 7) is 2.24. The summed E-state index contributed by atoms with van der Waals surface area (Å²) in [7, 11) is 5.72. The van der Waals surface area contributed by atoms with E-state index in [1.165, 1.54) is 0 Å². The van der Waals surface area contributed by atoms with Crippen molar-refractivity contribution >= 4 is 11.7 Å². The maximum absolute atomic E-state index is 12.4. The first-order valence-corrected chi connectivity index (χ1v) is 8.35. The van der Waals surface area contributed by atoms with Crippen LogP contribution in [0.2, 0.25) is 0 Å². The van der Waals surface area contributed by atoms with E-state index in [1.54, 1.807) is 25.4 Å². The Morgan fingerprint density at radius 3 is 2.80 bits per heavy atom. The summed E-state index contributed by atoms with van der Waals surface area (Å²) in [6, 6.07) is 11.1. The van der Waals surface area contributed by atoms with E-state index in [0.29, 0.717) is 17.9 Å². The highest BCUT2D eigenvalue weighted by molar-refractivity contribution is 5.94. The largest absolute Gasteiger partial charge is 0.496 e. The number of hydrogen-bond acceptors (Lipinski definition) is 5. The Balaban J connectivity index is 1.90. The van der Waals surface area contributed by atoms with Gasteiger partial charge in [-0.15, -0.1) is 0 Å². The maximum Gasteiger partial charge on any atom is 0.251 e. The first-order chi connectivity index (χ1) is 12.1. The summed E-state index contributed by atoms with van der Waals surface area (Å²) in [5.74, 6) is 1.34. The van der Waals surface area contributed by atoms with E-state index in [0.717, 1.165) is 30.8 Å². The molecule has 1 heterocycles. The van der Waals surface area contributed by atoms with Crippen LogP contribution in [0.15, 0.2) is 42.6 Å². The second-order valence-corrected chi connectivity index (χ2v) is 6.01. The average molecular weight is 342 g/mol. The molecule has 25 heavy (non-hydrogen) atoms. The van der Waals surface area contributed by atoms with Crippen molar-refractivity contribution in [2.45, 2.75) is 13.0 Å². The molecule has 2 rings (SSSR count). The minimum Gasteiger partial charge on any atom is -0.496 e. The van der Waals surface area contributed by atoms with Gasteiger partial charge in [0.25, 0.3) is 5.91 Å². The van der Waals surface area contributed by atoms with Crippen LogP contribution in [-0.2, 0) is 6.54 Å². The molecule has 0 saturated carbocycles. The average Bonchev–Trinajstić information content (AvgIpc) is 2.63. The second-order valence-electron chi connectivity index (χ2n) is 6.01. The Hall–Kier alpha value is -2.60. The van der Waals surface area contributed by atoms with E-state index >= 15 is 0 Å². The van der Waals surface area contributed by atoms with Crippen LogP contribution >= 0.6 is 0 Å². The Morgan fingerprint density at radius 2 is 2.04 bits per heavy atom. The number of ether oxygens (including phenoxy) is 1. The molecule has 0 fully saturated rings. The van der Waals surface area contributed by atoms with Crippen molar-refractivity contribution in [1.82, 2.24) is 15.2 Å². The van der Waals surface area contributed by atoms with Gasteiger partial charge in [-0.05, 0) is 45.3 Å². The maximum atomic E-state index is 12.4. The zero-order valence-corrected chi connectivity index (χ0v) is 15.1. The molecule has 0 aliphatic rings. The number of nitrogens with zero attached hydrogens (tertiary/aromatic N) is 2. The van der Waals surface area contributed by atoms with Gasteiger partial charge in [-0.2, -0.15) is 0 Å². The SMILES string of the molecule is COc1ccccc1CNC(=O)c1ccnc(NCCCN(C)C)c1. The lowest BCUT2D eigenvalue weighted by Gasteiger charge is -2.11. The minimum absolute atomic E-state index is 0.135. The van der Waals surface area contributed by atoms with Crippen LogP contribution in [0, 0.1) is 0 Å². The number of carbonyl (C=O) groups is 1. The fraction of sp³-hybridized carbons (Fsp3) is 0.368. The lowest BCUT2D eigenvalue weighted by molar-refractivity contribution is 0.0950. The lowest BCUT2D eigenvalue weighted by Crippen LogP contribution is -2.23. The Bertz CT molecular complexity index is 689. The Kier molecular flexibility index (Phi) is 7.22. The molecule has 134 valence electrons. The number of para-hydroxylation sites is 1. The van der Waals surface area contributed by atoms with Crippen LogP contribution in [0.4, 0.5) is 5.82 Å². The number of benzene rings is 1. The molecule has 0 radical (unpaired) electrons. The molecule has 6 nitrogen and oxygen atoms in total. The van der Waals surface area contributed by atoms with Gasteiger partial charge in [0.2, 0.25) is 0 Å². The smallest absolute Gasteiger partial charge is 0.251 e. The molecule has 0 aliphatic heterocycles. The van der Waals surface area contributed by atoms with Crippen LogP contribution in [0.1, 0.15) is 22.3 Å². The van der Waals surface area contributed by atoms with Gasteiger partial charge >= 0.3 is 0 Å². The molecule has 1 aromatic heterocycles. The molecule has 0 unspecified atom stereocenters. The molecule has 2 aromatic rings. The van der Waals surface area contributed by atoms with E-state index in [2.05, 4.69) is 20.5 Å². The number of amides is 1. The van der Waals surface area contributed by atoms with Crippen molar-refractivity contribution in [3.8, 4) is 5.75 Å². The lowest BCUT2D eigenvalue weighted by atomic mass is 10.2. The van der Waals surface area contributed by atoms with Crippen LogP contribution in [0.3, 0.4) is 0 Å². The molecule has 6 heteroatoms. The second kappa shape index (κ2) is 9.64. The number of methoxy groups -OCH3 is 1. The van der Waals surface area contributed by atoms with Gasteiger partial charge in [0, 0.05) is 30.4 Å². The number of anilines is 1. The fourth-order valence-electron chi connectivity index (χ4n) is 2.41. The Labute approximate surface area is 149 Å². The first-order valence-electron chi connectivity index (χ1n) is 8.35. The third-order valence-electron chi connectivity index (χ3n) is 3.74. The van der Waals surface area contributed by atoms with Crippen LogP contribution in [-0.4, -0.2) is 50.1 Å². The zero-order valence-electron chi connectivity index (χ0n) is 15.1. The zero-order chi connectivity index (χ0) is 18.1. The van der Waals surface area contributed by atoms with Crippen LogP contribution < -0.4 is 15.4 Å². The highest BCUT2D eigenvalue weighted by atomic mass is 16.5. The van der Waals surface area contributed by atoms with Crippen molar-refractivity contribution in [1.29, 1.82) is 0 Å². The quantitative estimate of drug-likeness (QED) is 0.685. The monoisotopic (exact) mass is 342 g/mol. The molecule has 0 atom stereocenters. The third-order valence-corrected chi connectivity index (χ3v) is 3.74. The summed E-state index contributed by atoms with van der Waals surface area (Å²) in [6.07, 6.45) is 2.66. The molecular weight excluding hydrogens is 316 g/mol. The minimum atomic E-state index is -0.135. The van der Waals surface area contributed by atoms with Gasteiger partial charge in [-0.3, -0.25) is 4.79 Å². The Morgan fingerprint density at radius 1 is 1.24 bits per heavy atom. The van der Waals surface area contributed by atoms with E-state index < -0.39 is 0 Å². The molecular formula is C19H26N4O2. The molecule has 2 N–H and O–H groups in total. The molecule has 0 saturated heterocycles. The van der Waals surface area contributed by atoms with Gasteiger partial charge < -0.3 is 20.3 Å². The number of nitrogens with one attached hydrogen (secondary N) is 2. The molecule has 0 spiro atoms. The number of carbonyl (C=O) groups excluding carboxylic acids is 1. The topological polar surface area (TPSA) is 66.5 Å². The van der Waals surface area contributed by atoms with Crippen molar-refractivity contribution < 1.29 is 9.53 Å². The third kappa shape index (κ3) is 6.08. The van der Waals surface area contributed by atoms with E-state index in [4.69, 9.17) is 4.74 Å². The predicted molar refractivity (Wildman–Crippen MR) is 100 cm³/mol. The van der Waals surface area contributed by atoms with Gasteiger partial charge in [-0.1, -0.05) is 18.2 Å². The standard InChI is InChI=1S/C19H26N4O2/c1-23(2)12-6-10-20-18-13-15(9-11-21-18)19(24)22-14-16-7-4-5-8-17(16)25-3/h4-5,7-9,11,13H,6,10,12,14H2,1-3H3,(H,20,21)(H,22,24). The molecule has 0 aliphatic carbocycles. The predicted octanol–water partition coefficient (Wildman–Crippen LogP) is 2.38. The van der Waals surface area contributed by atoms with Gasteiger partial charge in [0.15, 0.2) is 0 Å². The van der Waals surface area contributed by atoms with Crippen molar-refractivity contribution in [2.24, 2.45) is 0 Å². The van der Waals surface area contributed by atoms with Gasteiger partial charge in [0.05, 0.1) is 7.11 Å². The van der Waals surface area contributed by atoms with Crippen LogP contribution in [0.5, 0.6) is 5.75 Å². The number of pyridine rings is 1. The summed E-state index contributed by atoms with van der Waals surface area (Å²) >= 11 is 0. The van der Waals surface area contributed by atoms with Crippen molar-refractivity contribution in [2.75, 3.05) is 39.6 Å². The number of rotatable bonds is 9. The molecule has 0 bridgehead atoms. The van der Waals surface area contributed by atoms with Crippen LogP contribution in [0.25, 0.3) is 0 Å². The summed E-state index contributed by atoms with van der Waals surface area (Å²) in [5.41, 5.74) is 1.52. The molecule has 1 aromatic carbocycles. The first kappa shape index (κ1) is 18.7. The van der Waals surface area contributed by atoms with E-state index in [1.807, 2.05) is 38.4 Å². The van der Waals surface area contributed by atoms with Gasteiger partial charge in [-0.25, -0.2) is 4.98 Å². The number of hydrogen-bond donors (Lipinski definition) is 2. The van der Waals surface area contributed by atoms with E-state index in [-0.39, 0.29) is 5.91 Å². The number of aromatic nitrogens is 1. The summed E-state index contributed by atoms with van der Waals surface area (Å²) < 4.78 is 5.30. The summed E-state index contributed by atoms with van der Waals surface area (Å²) in [4.78, 5) is 18.8. The summed E-state index contributed by atoms with van der Waals surface area (Å²) in [5, 5.41) is 6.17.